The normalized spacial score (nSPS) is 11.8. The Balaban J connectivity index is 4.28. The summed E-state index contributed by atoms with van der Waals surface area (Å²) < 4.78 is 0. The largest absolute Gasteiger partial charge is 0.478 e. The Labute approximate surface area is 92.8 Å². The van der Waals surface area contributed by atoms with Crippen LogP contribution in [0.1, 0.15) is 34.1 Å². The van der Waals surface area contributed by atoms with Crippen LogP contribution in [0.2, 0.25) is 0 Å². The summed E-state index contributed by atoms with van der Waals surface area (Å²) in [5, 5.41) is 8.78. The van der Waals surface area contributed by atoms with Gasteiger partial charge >= 0.3 is 5.97 Å². The molecule has 0 heterocycles. The Morgan fingerprint density at radius 3 is 2.13 bits per heavy atom. The minimum atomic E-state index is -0.886. The van der Waals surface area contributed by atoms with E-state index >= 15 is 0 Å². The molecule has 15 heavy (non-hydrogen) atoms. The number of hydrogen-bond donors (Lipinski definition) is 1. The number of aliphatic carboxylic acids is 1. The molecular formula is C12H23NO2. The minimum Gasteiger partial charge on any atom is -0.478 e. The Kier molecular flexibility index (Phi) is 5.58. The van der Waals surface area contributed by atoms with Gasteiger partial charge in [0, 0.05) is 12.1 Å². The molecule has 0 aromatic rings. The molecule has 1 N–H and O–H groups in total. The molecule has 0 saturated carbocycles. The molecule has 0 fully saturated rings. The molecule has 0 aromatic heterocycles. The lowest BCUT2D eigenvalue weighted by Gasteiger charge is -2.31. The third-order valence-electron chi connectivity index (χ3n) is 2.54. The van der Waals surface area contributed by atoms with Gasteiger partial charge in [-0.3, -0.25) is 0 Å². The molecule has 0 amide bonds. The van der Waals surface area contributed by atoms with E-state index in [1.807, 2.05) is 0 Å². The van der Waals surface area contributed by atoms with Crippen molar-refractivity contribution in [3.8, 4) is 0 Å². The van der Waals surface area contributed by atoms with E-state index in [0.29, 0.717) is 12.0 Å². The third kappa shape index (κ3) is 5.57. The second-order valence-corrected chi connectivity index (χ2v) is 4.71. The van der Waals surface area contributed by atoms with E-state index in [9.17, 15) is 4.79 Å². The molecule has 0 unspecified atom stereocenters. The number of carbonyl (C=O) groups is 1. The predicted molar refractivity (Wildman–Crippen MR) is 63.0 cm³/mol. The Bertz CT molecular complexity index is 230. The van der Waals surface area contributed by atoms with Crippen molar-refractivity contribution in [1.29, 1.82) is 0 Å². The maximum Gasteiger partial charge on any atom is 0.330 e. The molecule has 0 aliphatic heterocycles. The molecule has 88 valence electrons. The highest BCUT2D eigenvalue weighted by Gasteiger charge is 2.23. The van der Waals surface area contributed by atoms with Crippen molar-refractivity contribution in [2.75, 3.05) is 19.6 Å². The van der Waals surface area contributed by atoms with E-state index in [1.165, 1.54) is 0 Å². The summed E-state index contributed by atoms with van der Waals surface area (Å²) in [6, 6.07) is 0. The van der Waals surface area contributed by atoms with Gasteiger partial charge in [0.25, 0.3) is 0 Å². The van der Waals surface area contributed by atoms with Crippen molar-refractivity contribution >= 4 is 5.97 Å². The third-order valence-corrected chi connectivity index (χ3v) is 2.54. The van der Waals surface area contributed by atoms with Crippen LogP contribution in [-0.2, 0) is 4.79 Å². The van der Waals surface area contributed by atoms with Crippen LogP contribution < -0.4 is 0 Å². The van der Waals surface area contributed by atoms with Gasteiger partial charge in [-0.05, 0) is 24.9 Å². The molecule has 0 atom stereocenters. The van der Waals surface area contributed by atoms with E-state index in [4.69, 9.17) is 5.11 Å². The highest BCUT2D eigenvalue weighted by Crippen LogP contribution is 2.25. The fraction of sp³-hybridized carbons (Fsp3) is 0.750. The van der Waals surface area contributed by atoms with Crippen molar-refractivity contribution in [2.24, 2.45) is 5.41 Å². The first-order valence-electron chi connectivity index (χ1n) is 5.45. The number of hydrogen-bond acceptors (Lipinski definition) is 2. The van der Waals surface area contributed by atoms with E-state index in [0.717, 1.165) is 19.6 Å². The van der Waals surface area contributed by atoms with Gasteiger partial charge in [0.05, 0.1) is 0 Å². The first kappa shape index (κ1) is 14.2. The minimum absolute atomic E-state index is 0.0263. The van der Waals surface area contributed by atoms with Crippen LogP contribution in [0.4, 0.5) is 0 Å². The van der Waals surface area contributed by atoms with Crippen LogP contribution in [0.3, 0.4) is 0 Å². The number of nitrogens with zero attached hydrogens (tertiary/aromatic N) is 1. The summed E-state index contributed by atoms with van der Waals surface area (Å²) in [7, 11) is 0. The summed E-state index contributed by atoms with van der Waals surface area (Å²) in [5.41, 5.74) is 0.272. The first-order valence-corrected chi connectivity index (χ1v) is 5.45. The molecule has 3 heteroatoms. The zero-order valence-electron chi connectivity index (χ0n) is 10.3. The van der Waals surface area contributed by atoms with Gasteiger partial charge in [-0.25, -0.2) is 4.79 Å². The lowest BCUT2D eigenvalue weighted by molar-refractivity contribution is -0.133. The Morgan fingerprint density at radius 1 is 1.33 bits per heavy atom. The quantitative estimate of drug-likeness (QED) is 0.660. The zero-order chi connectivity index (χ0) is 12.1. The van der Waals surface area contributed by atoms with Crippen LogP contribution in [0.15, 0.2) is 12.2 Å². The van der Waals surface area contributed by atoms with Gasteiger partial charge < -0.3 is 10.0 Å². The number of carboxylic acid groups (broad SMARTS) is 1. The van der Waals surface area contributed by atoms with Crippen LogP contribution in [0, 0.1) is 5.41 Å². The first-order chi connectivity index (χ1) is 6.82. The number of carboxylic acids is 1. The summed E-state index contributed by atoms with van der Waals surface area (Å²) in [4.78, 5) is 13.0. The van der Waals surface area contributed by atoms with Crippen molar-refractivity contribution in [3.05, 3.63) is 12.2 Å². The second-order valence-electron chi connectivity index (χ2n) is 4.71. The SMILES string of the molecule is C=C(CC(C)(C)CN(CC)CC)C(=O)O. The molecular weight excluding hydrogens is 190 g/mol. The van der Waals surface area contributed by atoms with E-state index in [1.54, 1.807) is 0 Å². The fourth-order valence-electron chi connectivity index (χ4n) is 1.76. The lowest BCUT2D eigenvalue weighted by atomic mass is 9.85. The summed E-state index contributed by atoms with van der Waals surface area (Å²) in [6.07, 6.45) is 0.541. The van der Waals surface area contributed by atoms with Gasteiger partial charge in [0.15, 0.2) is 0 Å². The van der Waals surface area contributed by atoms with Crippen molar-refractivity contribution in [3.63, 3.8) is 0 Å². The number of rotatable bonds is 7. The topological polar surface area (TPSA) is 40.5 Å². The highest BCUT2D eigenvalue weighted by molar-refractivity contribution is 5.85. The fourth-order valence-corrected chi connectivity index (χ4v) is 1.76. The smallest absolute Gasteiger partial charge is 0.330 e. The molecule has 0 rings (SSSR count). The molecule has 0 aliphatic rings. The van der Waals surface area contributed by atoms with E-state index < -0.39 is 5.97 Å². The van der Waals surface area contributed by atoms with E-state index in [-0.39, 0.29) is 5.41 Å². The summed E-state index contributed by atoms with van der Waals surface area (Å²) >= 11 is 0. The monoisotopic (exact) mass is 213 g/mol. The average molecular weight is 213 g/mol. The van der Waals surface area contributed by atoms with Crippen molar-refractivity contribution in [2.45, 2.75) is 34.1 Å². The maximum atomic E-state index is 10.7. The van der Waals surface area contributed by atoms with Crippen LogP contribution in [0.5, 0.6) is 0 Å². The van der Waals surface area contributed by atoms with Crippen LogP contribution in [-0.4, -0.2) is 35.6 Å². The molecule has 0 saturated heterocycles. The molecule has 3 nitrogen and oxygen atoms in total. The summed E-state index contributed by atoms with van der Waals surface area (Å²) in [5.74, 6) is -0.886. The van der Waals surface area contributed by atoms with Gasteiger partial charge in [0.2, 0.25) is 0 Å². The maximum absolute atomic E-state index is 10.7. The van der Waals surface area contributed by atoms with Crippen molar-refractivity contribution < 1.29 is 9.90 Å². The van der Waals surface area contributed by atoms with Crippen LogP contribution >= 0.6 is 0 Å². The van der Waals surface area contributed by atoms with Crippen LogP contribution in [0.25, 0.3) is 0 Å². The van der Waals surface area contributed by atoms with Gasteiger partial charge in [0.1, 0.15) is 0 Å². The van der Waals surface area contributed by atoms with Gasteiger partial charge in [-0.1, -0.05) is 34.3 Å². The van der Waals surface area contributed by atoms with E-state index in [2.05, 4.69) is 39.2 Å². The lowest BCUT2D eigenvalue weighted by Crippen LogP contribution is -2.34. The molecule has 0 radical (unpaired) electrons. The zero-order valence-corrected chi connectivity index (χ0v) is 10.3. The average Bonchev–Trinajstić information content (AvgIpc) is 2.13. The summed E-state index contributed by atoms with van der Waals surface area (Å²) in [6.45, 7) is 14.9. The second kappa shape index (κ2) is 5.91. The standard InChI is InChI=1S/C12H23NO2/c1-6-13(7-2)9-12(4,5)8-10(3)11(14)15/h3,6-9H2,1-2,4-5H3,(H,14,15). The van der Waals surface area contributed by atoms with Gasteiger partial charge in [-0.2, -0.15) is 0 Å². The molecule has 0 spiro atoms. The van der Waals surface area contributed by atoms with Crippen molar-refractivity contribution in [1.82, 2.24) is 4.90 Å². The molecule has 0 bridgehead atoms. The Morgan fingerprint density at radius 2 is 1.80 bits per heavy atom. The highest BCUT2D eigenvalue weighted by atomic mass is 16.4. The predicted octanol–water partition coefficient (Wildman–Crippen LogP) is 2.39. The molecule has 0 aromatic carbocycles. The molecule has 0 aliphatic carbocycles. The van der Waals surface area contributed by atoms with Gasteiger partial charge in [-0.15, -0.1) is 0 Å². The Hall–Kier alpha value is -0.830.